The van der Waals surface area contributed by atoms with E-state index in [1.54, 1.807) is 11.0 Å². The summed E-state index contributed by atoms with van der Waals surface area (Å²) in [5.41, 5.74) is 0. The summed E-state index contributed by atoms with van der Waals surface area (Å²) in [7, 11) is 0. The number of likely N-dealkylation sites (tertiary alicyclic amines) is 1. The maximum absolute atomic E-state index is 12.0. The van der Waals surface area contributed by atoms with Gasteiger partial charge in [-0.15, -0.1) is 6.58 Å². The molecule has 0 saturated carbocycles. The highest BCUT2D eigenvalue weighted by Gasteiger charge is 2.31. The van der Waals surface area contributed by atoms with Crippen LogP contribution in [0.3, 0.4) is 0 Å². The smallest absolute Gasteiger partial charge is 0.308 e. The molecular formula is C13H21NO3. The zero-order valence-corrected chi connectivity index (χ0v) is 10.4. The lowest BCUT2D eigenvalue weighted by Gasteiger charge is -2.36. The first kappa shape index (κ1) is 13.7. The molecule has 0 spiro atoms. The highest BCUT2D eigenvalue weighted by molar-refractivity contribution is 5.78. The number of aliphatic carboxylic acids is 1. The number of hydrogen-bond donors (Lipinski definition) is 1. The van der Waals surface area contributed by atoms with Gasteiger partial charge in [-0.25, -0.2) is 0 Å². The Morgan fingerprint density at radius 1 is 1.47 bits per heavy atom. The van der Waals surface area contributed by atoms with Crippen molar-refractivity contribution >= 4 is 11.9 Å². The van der Waals surface area contributed by atoms with E-state index in [-0.39, 0.29) is 11.9 Å². The van der Waals surface area contributed by atoms with Crippen LogP contribution in [0.5, 0.6) is 0 Å². The first-order valence-corrected chi connectivity index (χ1v) is 6.19. The molecule has 4 nitrogen and oxygen atoms in total. The third-order valence-corrected chi connectivity index (χ3v) is 3.35. The second-order valence-corrected chi connectivity index (χ2v) is 4.69. The third kappa shape index (κ3) is 3.88. The molecule has 1 aliphatic rings. The number of rotatable bonds is 5. The summed E-state index contributed by atoms with van der Waals surface area (Å²) in [6.07, 6.45) is 5.37. The van der Waals surface area contributed by atoms with Crippen LogP contribution in [-0.2, 0) is 9.59 Å². The fraction of sp³-hybridized carbons (Fsp3) is 0.692. The van der Waals surface area contributed by atoms with Crippen LogP contribution in [0.15, 0.2) is 12.7 Å². The predicted octanol–water partition coefficient (Wildman–Crippen LogP) is 2.05. The summed E-state index contributed by atoms with van der Waals surface area (Å²) in [4.78, 5) is 24.6. The van der Waals surface area contributed by atoms with Crippen LogP contribution >= 0.6 is 0 Å². The van der Waals surface area contributed by atoms with Crippen LogP contribution in [0.25, 0.3) is 0 Å². The van der Waals surface area contributed by atoms with Gasteiger partial charge in [0.2, 0.25) is 5.91 Å². The molecule has 1 amide bonds. The third-order valence-electron chi connectivity index (χ3n) is 3.35. The van der Waals surface area contributed by atoms with Gasteiger partial charge in [0.1, 0.15) is 0 Å². The number of hydrogen-bond acceptors (Lipinski definition) is 2. The fourth-order valence-electron chi connectivity index (χ4n) is 2.20. The van der Waals surface area contributed by atoms with Crippen molar-refractivity contribution in [3.8, 4) is 0 Å². The Morgan fingerprint density at radius 2 is 2.18 bits per heavy atom. The van der Waals surface area contributed by atoms with Crippen LogP contribution in [0, 0.1) is 5.92 Å². The average Bonchev–Trinajstić information content (AvgIpc) is 2.29. The monoisotopic (exact) mass is 239 g/mol. The molecule has 1 saturated heterocycles. The largest absolute Gasteiger partial charge is 0.481 e. The molecule has 2 unspecified atom stereocenters. The van der Waals surface area contributed by atoms with Gasteiger partial charge in [0, 0.05) is 19.0 Å². The van der Waals surface area contributed by atoms with Crippen molar-refractivity contribution in [3.63, 3.8) is 0 Å². The lowest BCUT2D eigenvalue weighted by molar-refractivity contribution is -0.147. The van der Waals surface area contributed by atoms with E-state index < -0.39 is 11.9 Å². The van der Waals surface area contributed by atoms with Gasteiger partial charge in [0.05, 0.1) is 5.92 Å². The summed E-state index contributed by atoms with van der Waals surface area (Å²) in [6, 6.07) is 0.168. The summed E-state index contributed by atoms with van der Waals surface area (Å²) in [6.45, 7) is 5.97. The molecule has 4 heteroatoms. The van der Waals surface area contributed by atoms with Gasteiger partial charge in [-0.3, -0.25) is 9.59 Å². The second-order valence-electron chi connectivity index (χ2n) is 4.69. The molecule has 2 atom stereocenters. The Kier molecular flexibility index (Phi) is 5.19. The topological polar surface area (TPSA) is 57.6 Å². The predicted molar refractivity (Wildman–Crippen MR) is 65.6 cm³/mol. The van der Waals surface area contributed by atoms with Crippen LogP contribution in [0.4, 0.5) is 0 Å². The first-order chi connectivity index (χ1) is 8.06. The maximum Gasteiger partial charge on any atom is 0.308 e. The van der Waals surface area contributed by atoms with E-state index in [1.807, 2.05) is 6.92 Å². The number of carbonyl (C=O) groups excluding carboxylic acids is 1. The Labute approximate surface area is 102 Å². The summed E-state index contributed by atoms with van der Waals surface area (Å²) >= 11 is 0. The fourth-order valence-corrected chi connectivity index (χ4v) is 2.20. The molecule has 1 fully saturated rings. The van der Waals surface area contributed by atoms with Crippen molar-refractivity contribution in [2.24, 2.45) is 5.92 Å². The zero-order chi connectivity index (χ0) is 12.8. The van der Waals surface area contributed by atoms with Gasteiger partial charge in [-0.2, -0.15) is 0 Å². The molecular weight excluding hydrogens is 218 g/mol. The summed E-state index contributed by atoms with van der Waals surface area (Å²) < 4.78 is 0. The molecule has 0 aromatic carbocycles. The quantitative estimate of drug-likeness (QED) is 0.590. The lowest BCUT2D eigenvalue weighted by atomic mass is 9.93. The Bertz CT molecular complexity index is 301. The van der Waals surface area contributed by atoms with Crippen LogP contribution in [0.1, 0.15) is 39.0 Å². The van der Waals surface area contributed by atoms with Crippen molar-refractivity contribution in [1.29, 1.82) is 0 Å². The summed E-state index contributed by atoms with van der Waals surface area (Å²) in [5, 5.41) is 8.99. The average molecular weight is 239 g/mol. The molecule has 0 radical (unpaired) electrons. The van der Waals surface area contributed by atoms with Crippen LogP contribution in [-0.4, -0.2) is 34.5 Å². The number of allylic oxidation sites excluding steroid dienone is 1. The van der Waals surface area contributed by atoms with Gasteiger partial charge in [0.15, 0.2) is 0 Å². The van der Waals surface area contributed by atoms with Crippen LogP contribution in [0.2, 0.25) is 0 Å². The number of piperidine rings is 1. The second kappa shape index (κ2) is 6.42. The number of carboxylic acids is 1. The number of carbonyl (C=O) groups is 2. The molecule has 1 N–H and O–H groups in total. The van der Waals surface area contributed by atoms with Gasteiger partial charge < -0.3 is 10.0 Å². The van der Waals surface area contributed by atoms with E-state index in [2.05, 4.69) is 6.58 Å². The van der Waals surface area contributed by atoms with Crippen molar-refractivity contribution < 1.29 is 14.7 Å². The van der Waals surface area contributed by atoms with Gasteiger partial charge >= 0.3 is 5.97 Å². The van der Waals surface area contributed by atoms with E-state index in [0.717, 1.165) is 19.3 Å². The van der Waals surface area contributed by atoms with E-state index in [9.17, 15) is 9.59 Å². The van der Waals surface area contributed by atoms with Gasteiger partial charge in [-0.05, 0) is 32.6 Å². The number of amides is 1. The molecule has 96 valence electrons. The molecule has 1 rings (SSSR count). The normalized spacial score (nSPS) is 24.4. The standard InChI is InChI=1S/C13H21NO3/c1-3-4-5-6-12(15)14-9-11(13(16)17)8-7-10(14)2/h3,10-11H,1,4-9H2,2H3,(H,16,17). The highest BCUT2D eigenvalue weighted by atomic mass is 16.4. The van der Waals surface area contributed by atoms with Crippen LogP contribution < -0.4 is 0 Å². The number of unbranched alkanes of at least 4 members (excludes halogenated alkanes) is 1. The number of carboxylic acid groups (broad SMARTS) is 1. The van der Waals surface area contributed by atoms with Crippen molar-refractivity contribution in [1.82, 2.24) is 4.90 Å². The van der Waals surface area contributed by atoms with E-state index >= 15 is 0 Å². The maximum atomic E-state index is 12.0. The molecule has 0 bridgehead atoms. The number of nitrogens with zero attached hydrogens (tertiary/aromatic N) is 1. The molecule has 0 aromatic rings. The molecule has 1 aliphatic heterocycles. The highest BCUT2D eigenvalue weighted by Crippen LogP contribution is 2.23. The van der Waals surface area contributed by atoms with E-state index in [0.29, 0.717) is 19.4 Å². The zero-order valence-electron chi connectivity index (χ0n) is 10.4. The molecule has 0 aliphatic carbocycles. The van der Waals surface area contributed by atoms with Gasteiger partial charge in [-0.1, -0.05) is 6.08 Å². The minimum Gasteiger partial charge on any atom is -0.481 e. The van der Waals surface area contributed by atoms with Crippen molar-refractivity contribution in [2.75, 3.05) is 6.54 Å². The SMILES string of the molecule is C=CCCCC(=O)N1CC(C(=O)O)CCC1C. The lowest BCUT2D eigenvalue weighted by Crippen LogP contribution is -2.47. The minimum atomic E-state index is -0.791. The van der Waals surface area contributed by atoms with Crippen molar-refractivity contribution in [2.45, 2.75) is 45.1 Å². The summed E-state index contributed by atoms with van der Waals surface area (Å²) in [5.74, 6) is -1.11. The van der Waals surface area contributed by atoms with E-state index in [4.69, 9.17) is 5.11 Å². The molecule has 1 heterocycles. The van der Waals surface area contributed by atoms with Gasteiger partial charge in [0.25, 0.3) is 0 Å². The Morgan fingerprint density at radius 3 is 2.76 bits per heavy atom. The first-order valence-electron chi connectivity index (χ1n) is 6.19. The van der Waals surface area contributed by atoms with Crippen molar-refractivity contribution in [3.05, 3.63) is 12.7 Å². The Hall–Kier alpha value is -1.32. The Balaban J connectivity index is 2.51. The molecule has 0 aromatic heterocycles. The van der Waals surface area contributed by atoms with E-state index in [1.165, 1.54) is 0 Å². The molecule has 17 heavy (non-hydrogen) atoms. The minimum absolute atomic E-state index is 0.0744.